The molecule has 0 unspecified atom stereocenters. The van der Waals surface area contributed by atoms with Gasteiger partial charge in [0.15, 0.2) is 6.29 Å². The highest BCUT2D eigenvalue weighted by molar-refractivity contribution is 9.10. The Balaban J connectivity index is 2.28. The molecule has 1 aromatic carbocycles. The van der Waals surface area contributed by atoms with Gasteiger partial charge in [0, 0.05) is 23.0 Å². The molecule has 2 aromatic rings. The second kappa shape index (κ2) is 3.42. The van der Waals surface area contributed by atoms with Crippen molar-refractivity contribution in [3.8, 4) is 0 Å². The average Bonchev–Trinajstić information content (AvgIpc) is 3.05. The van der Waals surface area contributed by atoms with Crippen molar-refractivity contribution in [2.75, 3.05) is 0 Å². The summed E-state index contributed by atoms with van der Waals surface area (Å²) in [6.07, 6.45) is 3.34. The number of halogens is 1. The molecule has 0 N–H and O–H groups in total. The van der Waals surface area contributed by atoms with E-state index in [4.69, 9.17) is 0 Å². The molecule has 0 saturated heterocycles. The van der Waals surface area contributed by atoms with E-state index in [0.717, 1.165) is 27.6 Å². The Labute approximate surface area is 102 Å². The lowest BCUT2D eigenvalue weighted by atomic mass is 10.2. The maximum Gasteiger partial charge on any atom is 0.151 e. The lowest BCUT2D eigenvalue weighted by molar-refractivity contribution is 0.112. The van der Waals surface area contributed by atoms with Gasteiger partial charge in [0.25, 0.3) is 0 Å². The molecule has 16 heavy (non-hydrogen) atoms. The van der Waals surface area contributed by atoms with Crippen molar-refractivity contribution in [1.29, 1.82) is 0 Å². The zero-order valence-corrected chi connectivity index (χ0v) is 10.5. The van der Waals surface area contributed by atoms with Crippen LogP contribution in [0.25, 0.3) is 11.0 Å². The van der Waals surface area contributed by atoms with Crippen molar-refractivity contribution >= 4 is 33.2 Å². The van der Waals surface area contributed by atoms with E-state index < -0.39 is 0 Å². The van der Waals surface area contributed by atoms with Crippen LogP contribution in [0.2, 0.25) is 0 Å². The lowest BCUT2D eigenvalue weighted by Crippen LogP contribution is -1.95. The van der Waals surface area contributed by atoms with Gasteiger partial charge in [-0.25, -0.2) is 4.98 Å². The molecule has 1 aliphatic carbocycles. The standard InChI is InChI=1S/C12H11BrN2O/c1-15-11-4-8(6-16)9(13)5-10(11)14-12(15)7-2-3-7/h4-7H,2-3H2,1H3. The Hall–Kier alpha value is -1.16. The third kappa shape index (κ3) is 1.40. The monoisotopic (exact) mass is 278 g/mol. The number of hydrogen-bond acceptors (Lipinski definition) is 2. The highest BCUT2D eigenvalue weighted by Gasteiger charge is 2.28. The van der Waals surface area contributed by atoms with E-state index in [9.17, 15) is 4.79 Å². The smallest absolute Gasteiger partial charge is 0.151 e. The largest absolute Gasteiger partial charge is 0.331 e. The molecule has 3 nitrogen and oxygen atoms in total. The van der Waals surface area contributed by atoms with Gasteiger partial charge in [0.1, 0.15) is 5.82 Å². The third-order valence-corrected chi connectivity index (χ3v) is 3.79. The summed E-state index contributed by atoms with van der Waals surface area (Å²) in [5.41, 5.74) is 2.67. The molecule has 1 saturated carbocycles. The number of nitrogens with zero attached hydrogens (tertiary/aromatic N) is 2. The van der Waals surface area contributed by atoms with Gasteiger partial charge in [0.05, 0.1) is 11.0 Å². The highest BCUT2D eigenvalue weighted by Crippen LogP contribution is 2.40. The second-order valence-corrected chi connectivity index (χ2v) is 5.14. The summed E-state index contributed by atoms with van der Waals surface area (Å²) in [6.45, 7) is 0. The van der Waals surface area contributed by atoms with Gasteiger partial charge in [0.2, 0.25) is 0 Å². The molecule has 82 valence electrons. The predicted molar refractivity (Wildman–Crippen MR) is 65.8 cm³/mol. The van der Waals surface area contributed by atoms with E-state index in [1.54, 1.807) is 0 Å². The van der Waals surface area contributed by atoms with E-state index in [1.165, 1.54) is 12.8 Å². The highest BCUT2D eigenvalue weighted by atomic mass is 79.9. The normalized spacial score (nSPS) is 15.6. The molecule has 0 amide bonds. The summed E-state index contributed by atoms with van der Waals surface area (Å²) in [6, 6.07) is 3.82. The van der Waals surface area contributed by atoms with Crippen molar-refractivity contribution in [3.05, 3.63) is 28.0 Å². The number of carbonyl (C=O) groups excluding carboxylic acids is 1. The quantitative estimate of drug-likeness (QED) is 0.792. The Morgan fingerprint density at radius 3 is 2.88 bits per heavy atom. The molecule has 0 spiro atoms. The first kappa shape index (κ1) is 10.0. The van der Waals surface area contributed by atoms with Gasteiger partial charge in [-0.15, -0.1) is 0 Å². The van der Waals surface area contributed by atoms with Crippen molar-refractivity contribution in [2.24, 2.45) is 7.05 Å². The minimum absolute atomic E-state index is 0.621. The van der Waals surface area contributed by atoms with Crippen LogP contribution in [0.15, 0.2) is 16.6 Å². The minimum Gasteiger partial charge on any atom is -0.331 e. The second-order valence-electron chi connectivity index (χ2n) is 4.28. The molecule has 1 fully saturated rings. The first-order valence-electron chi connectivity index (χ1n) is 5.31. The Kier molecular flexibility index (Phi) is 2.14. The SMILES string of the molecule is Cn1c(C2CC2)nc2cc(Br)c(C=O)cc21. The zero-order valence-electron chi connectivity index (χ0n) is 8.90. The van der Waals surface area contributed by atoms with Gasteiger partial charge in [-0.2, -0.15) is 0 Å². The predicted octanol–water partition coefficient (Wildman–Crippen LogP) is 3.03. The molecule has 0 bridgehead atoms. The van der Waals surface area contributed by atoms with Crippen LogP contribution >= 0.6 is 15.9 Å². The fourth-order valence-corrected chi connectivity index (χ4v) is 2.47. The minimum atomic E-state index is 0.621. The summed E-state index contributed by atoms with van der Waals surface area (Å²) < 4.78 is 2.92. The van der Waals surface area contributed by atoms with Crippen LogP contribution in [0.1, 0.15) is 34.9 Å². The molecule has 3 rings (SSSR count). The van der Waals surface area contributed by atoms with E-state index in [-0.39, 0.29) is 0 Å². The number of carbonyl (C=O) groups is 1. The number of aromatic nitrogens is 2. The van der Waals surface area contributed by atoms with E-state index in [2.05, 4.69) is 25.5 Å². The summed E-state index contributed by atoms with van der Waals surface area (Å²) in [4.78, 5) is 15.5. The first-order chi connectivity index (χ1) is 7.70. The Bertz CT molecular complexity index is 584. The number of rotatable bonds is 2. The third-order valence-electron chi connectivity index (χ3n) is 3.10. The molecule has 0 aliphatic heterocycles. The molecule has 1 heterocycles. The zero-order chi connectivity index (χ0) is 11.3. The van der Waals surface area contributed by atoms with Gasteiger partial charge in [-0.1, -0.05) is 0 Å². The van der Waals surface area contributed by atoms with Crippen molar-refractivity contribution in [1.82, 2.24) is 9.55 Å². The van der Waals surface area contributed by atoms with Crippen LogP contribution in [0.3, 0.4) is 0 Å². The average molecular weight is 279 g/mol. The van der Waals surface area contributed by atoms with Crippen molar-refractivity contribution < 1.29 is 4.79 Å². The van der Waals surface area contributed by atoms with Crippen LogP contribution in [-0.4, -0.2) is 15.8 Å². The summed E-state index contributed by atoms with van der Waals surface area (Å²) in [5.74, 6) is 1.76. The fraction of sp³-hybridized carbons (Fsp3) is 0.333. The number of hydrogen-bond donors (Lipinski definition) is 0. The summed E-state index contributed by atoms with van der Waals surface area (Å²) in [7, 11) is 2.02. The van der Waals surface area contributed by atoms with Gasteiger partial charge in [-0.05, 0) is 40.9 Å². The lowest BCUT2D eigenvalue weighted by Gasteiger charge is -2.00. The van der Waals surface area contributed by atoms with E-state index in [0.29, 0.717) is 11.5 Å². The van der Waals surface area contributed by atoms with E-state index >= 15 is 0 Å². The van der Waals surface area contributed by atoms with Gasteiger partial charge >= 0.3 is 0 Å². The van der Waals surface area contributed by atoms with Crippen LogP contribution < -0.4 is 0 Å². The van der Waals surface area contributed by atoms with Crippen molar-refractivity contribution in [3.63, 3.8) is 0 Å². The topological polar surface area (TPSA) is 34.9 Å². The van der Waals surface area contributed by atoms with Crippen LogP contribution in [0, 0.1) is 0 Å². The number of fused-ring (bicyclic) bond motifs is 1. The summed E-state index contributed by atoms with van der Waals surface area (Å²) in [5, 5.41) is 0. The maximum absolute atomic E-state index is 10.9. The molecule has 1 aliphatic rings. The molecule has 0 atom stereocenters. The maximum atomic E-state index is 10.9. The molecular weight excluding hydrogens is 268 g/mol. The molecule has 0 radical (unpaired) electrons. The van der Waals surface area contributed by atoms with Gasteiger partial charge < -0.3 is 4.57 Å². The molecule has 1 aromatic heterocycles. The van der Waals surface area contributed by atoms with Gasteiger partial charge in [-0.3, -0.25) is 4.79 Å². The number of imidazole rings is 1. The van der Waals surface area contributed by atoms with Crippen LogP contribution in [-0.2, 0) is 7.05 Å². The van der Waals surface area contributed by atoms with Crippen LogP contribution in [0.4, 0.5) is 0 Å². The Morgan fingerprint density at radius 1 is 1.50 bits per heavy atom. The summed E-state index contributed by atoms with van der Waals surface area (Å²) >= 11 is 3.38. The molecular formula is C12H11BrN2O. The first-order valence-corrected chi connectivity index (χ1v) is 6.11. The Morgan fingerprint density at radius 2 is 2.25 bits per heavy atom. The van der Waals surface area contributed by atoms with E-state index in [1.807, 2.05) is 19.2 Å². The number of aryl methyl sites for hydroxylation is 1. The fourth-order valence-electron chi connectivity index (χ4n) is 2.04. The number of aldehydes is 1. The number of benzene rings is 1. The van der Waals surface area contributed by atoms with Crippen LogP contribution in [0.5, 0.6) is 0 Å². The van der Waals surface area contributed by atoms with Crippen molar-refractivity contribution in [2.45, 2.75) is 18.8 Å². The molecule has 4 heteroatoms.